The van der Waals surface area contributed by atoms with Crippen LogP contribution in [0.2, 0.25) is 0 Å². The van der Waals surface area contributed by atoms with Crippen molar-refractivity contribution in [3.05, 3.63) is 51.9 Å². The van der Waals surface area contributed by atoms with Gasteiger partial charge < -0.3 is 0 Å². The summed E-state index contributed by atoms with van der Waals surface area (Å²) >= 11 is 0. The molecule has 3 rings (SSSR count). The Morgan fingerprint density at radius 3 is 2.46 bits per heavy atom. The zero-order chi connectivity index (χ0) is 19.1. The van der Waals surface area contributed by atoms with Crippen LogP contribution in [0.4, 0.5) is 5.69 Å². The maximum Gasteiger partial charge on any atom is 0.276 e. The molecule has 0 fully saturated rings. The van der Waals surface area contributed by atoms with Gasteiger partial charge in [-0.15, -0.1) is 0 Å². The lowest BCUT2D eigenvalue weighted by atomic mass is 9.98. The van der Waals surface area contributed by atoms with E-state index in [-0.39, 0.29) is 22.7 Å². The Morgan fingerprint density at radius 1 is 1.27 bits per heavy atom. The summed E-state index contributed by atoms with van der Waals surface area (Å²) in [5.41, 5.74) is 2.34. The van der Waals surface area contributed by atoms with Crippen LogP contribution < -0.4 is 10.3 Å². The van der Waals surface area contributed by atoms with Gasteiger partial charge in [-0.1, -0.05) is 26.0 Å². The maximum absolute atomic E-state index is 12.8. The lowest BCUT2D eigenvalue weighted by Crippen LogP contribution is -2.22. The van der Waals surface area contributed by atoms with Crippen molar-refractivity contribution in [3.63, 3.8) is 0 Å². The number of sulfonamides is 1. The van der Waals surface area contributed by atoms with Crippen LogP contribution in [0, 0.1) is 11.3 Å². The van der Waals surface area contributed by atoms with Gasteiger partial charge in [-0.3, -0.25) is 14.6 Å². The van der Waals surface area contributed by atoms with Gasteiger partial charge in [0.15, 0.2) is 5.65 Å². The average molecular weight is 371 g/mol. The molecular formula is C17H17N5O3S. The fourth-order valence-electron chi connectivity index (χ4n) is 2.76. The lowest BCUT2D eigenvalue weighted by Gasteiger charge is -2.12. The first-order valence-corrected chi connectivity index (χ1v) is 9.72. The molecule has 26 heavy (non-hydrogen) atoms. The molecule has 0 unspecified atom stereocenters. The second-order valence-electron chi connectivity index (χ2n) is 6.24. The first kappa shape index (κ1) is 17.7. The van der Waals surface area contributed by atoms with E-state index in [0.717, 1.165) is 6.26 Å². The van der Waals surface area contributed by atoms with Crippen molar-refractivity contribution in [1.29, 1.82) is 5.26 Å². The molecule has 0 saturated carbocycles. The van der Waals surface area contributed by atoms with Crippen LogP contribution in [0.3, 0.4) is 0 Å². The fourth-order valence-corrected chi connectivity index (χ4v) is 3.33. The monoisotopic (exact) mass is 371 g/mol. The number of H-pyrrole nitrogens is 1. The van der Waals surface area contributed by atoms with E-state index in [9.17, 15) is 18.5 Å². The third-order valence-electron chi connectivity index (χ3n) is 3.86. The summed E-state index contributed by atoms with van der Waals surface area (Å²) in [6, 6.07) is 8.60. The van der Waals surface area contributed by atoms with Crippen molar-refractivity contribution in [2.24, 2.45) is 0 Å². The minimum atomic E-state index is -3.37. The summed E-state index contributed by atoms with van der Waals surface area (Å²) in [5.74, 6) is -0.0930. The number of rotatable bonds is 4. The number of nitrogens with zero attached hydrogens (tertiary/aromatic N) is 3. The number of fused-ring (bicyclic) bond motifs is 1. The molecule has 0 bridgehead atoms. The van der Waals surface area contributed by atoms with E-state index in [4.69, 9.17) is 0 Å². The van der Waals surface area contributed by atoms with Gasteiger partial charge in [0.25, 0.3) is 5.56 Å². The minimum absolute atomic E-state index is 0.0930. The molecule has 0 aliphatic heterocycles. The van der Waals surface area contributed by atoms with Crippen LogP contribution in [-0.4, -0.2) is 29.3 Å². The number of nitrogens with one attached hydrogen (secondary N) is 2. The van der Waals surface area contributed by atoms with Crippen molar-refractivity contribution < 1.29 is 8.42 Å². The Kier molecular flexibility index (Phi) is 4.29. The summed E-state index contributed by atoms with van der Waals surface area (Å²) in [5, 5.41) is 12.0. The third kappa shape index (κ3) is 3.19. The van der Waals surface area contributed by atoms with Crippen molar-refractivity contribution in [1.82, 2.24) is 14.6 Å². The molecule has 9 heteroatoms. The molecule has 0 aliphatic carbocycles. The number of anilines is 1. The standard InChI is InChI=1S/C17H17N5O3S/c1-10(2)14-15(11-4-6-13(7-5-11)21-26(3,24)25)20-16-12(8-18)9-19-22(16)17(14)23/h4-7,9-10,19,21H,1-3H3. The van der Waals surface area contributed by atoms with Crippen molar-refractivity contribution in [3.8, 4) is 17.3 Å². The maximum atomic E-state index is 12.8. The molecule has 0 amide bonds. The minimum Gasteiger partial charge on any atom is -0.295 e. The van der Waals surface area contributed by atoms with Crippen LogP contribution in [0.25, 0.3) is 16.9 Å². The van der Waals surface area contributed by atoms with Crippen molar-refractivity contribution in [2.75, 3.05) is 11.0 Å². The second-order valence-corrected chi connectivity index (χ2v) is 7.99. The fraction of sp³-hybridized carbons (Fsp3) is 0.235. The van der Waals surface area contributed by atoms with Crippen LogP contribution in [0.5, 0.6) is 0 Å². The SMILES string of the molecule is CC(C)c1c(-c2ccc(NS(C)(=O)=O)cc2)nc2c(C#N)c[nH]n2c1=O. The average Bonchev–Trinajstić information content (AvgIpc) is 2.97. The van der Waals surface area contributed by atoms with E-state index in [1.54, 1.807) is 24.3 Å². The molecule has 3 aromatic rings. The molecule has 8 nitrogen and oxygen atoms in total. The van der Waals surface area contributed by atoms with Gasteiger partial charge in [0.1, 0.15) is 11.6 Å². The molecular weight excluding hydrogens is 354 g/mol. The largest absolute Gasteiger partial charge is 0.295 e. The molecule has 134 valence electrons. The predicted octanol–water partition coefficient (Wildman–Crippen LogP) is 2.06. The van der Waals surface area contributed by atoms with Gasteiger partial charge >= 0.3 is 0 Å². The number of aromatic amines is 1. The Labute approximate surface area is 150 Å². The summed E-state index contributed by atoms with van der Waals surface area (Å²) in [6.07, 6.45) is 2.51. The first-order valence-electron chi connectivity index (χ1n) is 7.83. The summed E-state index contributed by atoms with van der Waals surface area (Å²) in [6.45, 7) is 3.78. The molecule has 2 N–H and O–H groups in total. The highest BCUT2D eigenvalue weighted by atomic mass is 32.2. The van der Waals surface area contributed by atoms with Crippen molar-refractivity contribution >= 4 is 21.4 Å². The smallest absolute Gasteiger partial charge is 0.276 e. The van der Waals surface area contributed by atoms with E-state index < -0.39 is 10.0 Å². The predicted molar refractivity (Wildman–Crippen MR) is 98.5 cm³/mol. The number of nitriles is 1. The van der Waals surface area contributed by atoms with Crippen LogP contribution in [0.15, 0.2) is 35.3 Å². The number of hydrogen-bond acceptors (Lipinski definition) is 5. The van der Waals surface area contributed by atoms with Gasteiger partial charge in [0, 0.05) is 23.0 Å². The van der Waals surface area contributed by atoms with Gasteiger partial charge in [0.2, 0.25) is 10.0 Å². The van der Waals surface area contributed by atoms with Crippen LogP contribution in [0.1, 0.15) is 30.9 Å². The van der Waals surface area contributed by atoms with Crippen LogP contribution >= 0.6 is 0 Å². The summed E-state index contributed by atoms with van der Waals surface area (Å²) in [7, 11) is -3.37. The molecule has 0 radical (unpaired) electrons. The molecule has 2 aromatic heterocycles. The van der Waals surface area contributed by atoms with Crippen molar-refractivity contribution in [2.45, 2.75) is 19.8 Å². The van der Waals surface area contributed by atoms with E-state index >= 15 is 0 Å². The van der Waals surface area contributed by atoms with Gasteiger partial charge in [-0.05, 0) is 18.1 Å². The quantitative estimate of drug-likeness (QED) is 0.727. The molecule has 0 spiro atoms. The van der Waals surface area contributed by atoms with Gasteiger partial charge in [-0.2, -0.15) is 5.26 Å². The Morgan fingerprint density at radius 2 is 1.92 bits per heavy atom. The Bertz CT molecular complexity index is 1180. The number of benzene rings is 1. The molecule has 2 heterocycles. The molecule has 0 aliphatic rings. The highest BCUT2D eigenvalue weighted by Gasteiger charge is 2.19. The molecule has 0 atom stereocenters. The summed E-state index contributed by atoms with van der Waals surface area (Å²) in [4.78, 5) is 17.4. The number of aromatic nitrogens is 3. The molecule has 1 aromatic carbocycles. The molecule has 0 saturated heterocycles. The van der Waals surface area contributed by atoms with Gasteiger partial charge in [0.05, 0.1) is 11.9 Å². The zero-order valence-electron chi connectivity index (χ0n) is 14.4. The Balaban J connectivity index is 2.22. The lowest BCUT2D eigenvalue weighted by molar-refractivity contribution is 0.607. The van der Waals surface area contributed by atoms with Gasteiger partial charge in [-0.25, -0.2) is 17.9 Å². The summed E-state index contributed by atoms with van der Waals surface area (Å²) < 4.78 is 26.3. The normalized spacial score (nSPS) is 11.7. The van der Waals surface area contributed by atoms with E-state index in [1.807, 2.05) is 19.9 Å². The van der Waals surface area contributed by atoms with E-state index in [1.165, 1.54) is 10.7 Å². The topological polar surface area (TPSA) is 120 Å². The number of hydrogen-bond donors (Lipinski definition) is 2. The van der Waals surface area contributed by atoms with E-state index in [0.29, 0.717) is 22.5 Å². The second kappa shape index (κ2) is 6.31. The van der Waals surface area contributed by atoms with E-state index in [2.05, 4.69) is 14.8 Å². The highest BCUT2D eigenvalue weighted by molar-refractivity contribution is 7.92. The van der Waals surface area contributed by atoms with Crippen LogP contribution in [-0.2, 0) is 10.0 Å². The Hall–Kier alpha value is -3.12. The highest BCUT2D eigenvalue weighted by Crippen LogP contribution is 2.27. The third-order valence-corrected chi connectivity index (χ3v) is 4.46. The zero-order valence-corrected chi connectivity index (χ0v) is 15.3. The first-order chi connectivity index (χ1) is 12.2.